The molecule has 0 radical (unpaired) electrons. The molecule has 2 amide bonds. The van der Waals surface area contributed by atoms with Gasteiger partial charge in [0.25, 0.3) is 0 Å². The molecule has 1 fully saturated rings. The molecule has 5 nitrogen and oxygen atoms in total. The van der Waals surface area contributed by atoms with Crippen LogP contribution < -0.4 is 5.32 Å². The second-order valence-electron chi connectivity index (χ2n) is 7.29. The minimum Gasteiger partial charge on any atom is -0.394 e. The average molecular weight is 398 g/mol. The lowest BCUT2D eigenvalue weighted by molar-refractivity contribution is -0.150. The summed E-state index contributed by atoms with van der Waals surface area (Å²) in [7, 11) is 0. The van der Waals surface area contributed by atoms with Gasteiger partial charge in [-0.05, 0) is 28.8 Å². The van der Waals surface area contributed by atoms with Crippen molar-refractivity contribution in [2.75, 3.05) is 13.2 Å². The van der Waals surface area contributed by atoms with Crippen molar-refractivity contribution in [3.05, 3.63) is 59.9 Å². The summed E-state index contributed by atoms with van der Waals surface area (Å²) in [5.41, 5.74) is 2.67. The van der Waals surface area contributed by atoms with Crippen LogP contribution >= 0.6 is 0 Å². The summed E-state index contributed by atoms with van der Waals surface area (Å²) in [6, 6.07) is 13.7. The molecule has 0 spiro atoms. The zero-order valence-corrected chi connectivity index (χ0v) is 16.8. The number of carbonyl (C=O) groups excluding carboxylic acids is 2. The monoisotopic (exact) mass is 398 g/mol. The van der Waals surface area contributed by atoms with E-state index in [1.165, 1.54) is 12.1 Å². The first-order valence-corrected chi connectivity index (χ1v) is 10.0. The summed E-state index contributed by atoms with van der Waals surface area (Å²) < 4.78 is 13.5. The van der Waals surface area contributed by atoms with Crippen molar-refractivity contribution < 1.29 is 19.1 Å². The number of nitrogens with zero attached hydrogens (tertiary/aromatic N) is 1. The van der Waals surface area contributed by atoms with E-state index < -0.39 is 0 Å². The molecule has 1 heterocycles. The van der Waals surface area contributed by atoms with E-state index in [9.17, 15) is 19.1 Å². The molecule has 3 atom stereocenters. The smallest absolute Gasteiger partial charge is 0.222 e. The number of hydrogen-bond donors (Lipinski definition) is 2. The first-order valence-electron chi connectivity index (χ1n) is 10.0. The van der Waals surface area contributed by atoms with Crippen LogP contribution in [0.3, 0.4) is 0 Å². The number of rotatable bonds is 7. The van der Waals surface area contributed by atoms with Crippen LogP contribution in [0.4, 0.5) is 4.39 Å². The first-order chi connectivity index (χ1) is 14.0. The molecule has 2 N–H and O–H groups in total. The number of benzene rings is 2. The van der Waals surface area contributed by atoms with Crippen LogP contribution in [-0.4, -0.2) is 47.1 Å². The van der Waals surface area contributed by atoms with Crippen molar-refractivity contribution in [2.45, 2.75) is 44.7 Å². The predicted molar refractivity (Wildman–Crippen MR) is 110 cm³/mol. The van der Waals surface area contributed by atoms with Gasteiger partial charge >= 0.3 is 0 Å². The lowest BCUT2D eigenvalue weighted by Gasteiger charge is -2.55. The van der Waals surface area contributed by atoms with Gasteiger partial charge in [0, 0.05) is 25.3 Å². The molecule has 29 heavy (non-hydrogen) atoms. The van der Waals surface area contributed by atoms with Crippen molar-refractivity contribution in [3.8, 4) is 11.1 Å². The number of carbonyl (C=O) groups is 2. The van der Waals surface area contributed by atoms with Gasteiger partial charge in [-0.15, -0.1) is 0 Å². The van der Waals surface area contributed by atoms with Crippen LogP contribution in [0.5, 0.6) is 0 Å². The first kappa shape index (κ1) is 21.0. The molecule has 1 aliphatic heterocycles. The molecule has 1 aliphatic rings. The van der Waals surface area contributed by atoms with E-state index in [2.05, 4.69) is 5.32 Å². The Kier molecular flexibility index (Phi) is 6.64. The molecule has 1 saturated heterocycles. The molecule has 0 bridgehead atoms. The molecule has 0 unspecified atom stereocenters. The fourth-order valence-corrected chi connectivity index (χ4v) is 4.08. The zero-order valence-electron chi connectivity index (χ0n) is 16.8. The van der Waals surface area contributed by atoms with Crippen LogP contribution in [-0.2, 0) is 9.59 Å². The van der Waals surface area contributed by atoms with Gasteiger partial charge in [-0.3, -0.25) is 9.59 Å². The van der Waals surface area contributed by atoms with E-state index in [1.807, 2.05) is 30.3 Å². The molecule has 0 aromatic heterocycles. The third-order valence-electron chi connectivity index (χ3n) is 5.60. The number of aliphatic hydroxyl groups is 1. The summed E-state index contributed by atoms with van der Waals surface area (Å²) in [5.74, 6) is -0.463. The third-order valence-corrected chi connectivity index (χ3v) is 5.60. The second kappa shape index (κ2) is 9.18. The minimum absolute atomic E-state index is 0.0348. The Labute approximate surface area is 170 Å². The Morgan fingerprint density at radius 1 is 1.03 bits per heavy atom. The number of amides is 2. The quantitative estimate of drug-likeness (QED) is 0.753. The maximum Gasteiger partial charge on any atom is 0.222 e. The standard InChI is InChI=1S/C23H27FN2O3/c1-3-21(28)25-13-19-23(20(14-27)26(19)22(29)4-2)16-10-8-15(9-11-16)17-6-5-7-18(24)12-17/h5-12,19-20,23,27H,3-4,13-14H2,1-2H3,(H,25,28)/t19-,20-,23-/m1/s1. The Hall–Kier alpha value is -2.73. The minimum atomic E-state index is -0.314. The molecular weight excluding hydrogens is 371 g/mol. The van der Waals surface area contributed by atoms with E-state index in [1.54, 1.807) is 24.8 Å². The van der Waals surface area contributed by atoms with Crippen molar-refractivity contribution in [1.82, 2.24) is 10.2 Å². The molecule has 6 heteroatoms. The van der Waals surface area contributed by atoms with Gasteiger partial charge in [-0.1, -0.05) is 50.2 Å². The molecule has 0 aliphatic carbocycles. The van der Waals surface area contributed by atoms with Gasteiger partial charge in [0.15, 0.2) is 0 Å². The highest BCUT2D eigenvalue weighted by atomic mass is 19.1. The van der Waals surface area contributed by atoms with E-state index in [-0.39, 0.29) is 42.2 Å². The average Bonchev–Trinajstić information content (AvgIpc) is 2.73. The highest BCUT2D eigenvalue weighted by molar-refractivity contribution is 5.79. The highest BCUT2D eigenvalue weighted by Gasteiger charge is 2.50. The molecule has 2 aromatic rings. The van der Waals surface area contributed by atoms with E-state index >= 15 is 0 Å². The topological polar surface area (TPSA) is 69.6 Å². The van der Waals surface area contributed by atoms with Crippen molar-refractivity contribution in [3.63, 3.8) is 0 Å². The molecule has 3 rings (SSSR count). The molecule has 154 valence electrons. The lowest BCUT2D eigenvalue weighted by Crippen LogP contribution is -2.68. The van der Waals surface area contributed by atoms with Crippen molar-refractivity contribution in [1.29, 1.82) is 0 Å². The van der Waals surface area contributed by atoms with Crippen LogP contribution in [0, 0.1) is 5.82 Å². The van der Waals surface area contributed by atoms with Crippen LogP contribution in [0.15, 0.2) is 48.5 Å². The Morgan fingerprint density at radius 2 is 1.76 bits per heavy atom. The van der Waals surface area contributed by atoms with Crippen LogP contribution in [0.2, 0.25) is 0 Å². The van der Waals surface area contributed by atoms with Gasteiger partial charge < -0.3 is 15.3 Å². The second-order valence-corrected chi connectivity index (χ2v) is 7.29. The van der Waals surface area contributed by atoms with Crippen molar-refractivity contribution in [2.24, 2.45) is 0 Å². The maximum atomic E-state index is 13.5. The Bertz CT molecular complexity index is 869. The number of nitrogens with one attached hydrogen (secondary N) is 1. The predicted octanol–water partition coefficient (Wildman–Crippen LogP) is 3.08. The van der Waals surface area contributed by atoms with E-state index in [4.69, 9.17) is 0 Å². The van der Waals surface area contributed by atoms with Gasteiger partial charge in [0.1, 0.15) is 5.82 Å². The van der Waals surface area contributed by atoms with Gasteiger partial charge in [-0.25, -0.2) is 4.39 Å². The van der Waals surface area contributed by atoms with Crippen LogP contribution in [0.25, 0.3) is 11.1 Å². The Morgan fingerprint density at radius 3 is 2.34 bits per heavy atom. The third kappa shape index (κ3) is 4.32. The highest BCUT2D eigenvalue weighted by Crippen LogP contribution is 2.41. The number of likely N-dealkylation sites (tertiary alicyclic amines) is 1. The summed E-state index contributed by atoms with van der Waals surface area (Å²) in [6.07, 6.45) is 0.727. The molecule has 2 aromatic carbocycles. The number of halogens is 1. The maximum absolute atomic E-state index is 13.5. The van der Waals surface area contributed by atoms with Gasteiger partial charge in [-0.2, -0.15) is 0 Å². The van der Waals surface area contributed by atoms with Gasteiger partial charge in [0.2, 0.25) is 11.8 Å². The number of hydrogen-bond acceptors (Lipinski definition) is 3. The van der Waals surface area contributed by atoms with Crippen molar-refractivity contribution >= 4 is 11.8 Å². The SMILES string of the molecule is CCC(=O)NC[C@@H]1[C@@H](c2ccc(-c3cccc(F)c3)cc2)[C@@H](CO)N1C(=O)CC. The lowest BCUT2D eigenvalue weighted by atomic mass is 9.74. The molecule has 0 saturated carbocycles. The fourth-order valence-electron chi connectivity index (χ4n) is 4.08. The number of aliphatic hydroxyl groups excluding tert-OH is 1. The summed E-state index contributed by atoms with van der Waals surface area (Å²) in [6.45, 7) is 3.79. The Balaban J connectivity index is 1.85. The normalized spacial score (nSPS) is 20.8. The van der Waals surface area contributed by atoms with E-state index in [0.29, 0.717) is 19.4 Å². The molecular formula is C23H27FN2O3. The van der Waals surface area contributed by atoms with Gasteiger partial charge in [0.05, 0.1) is 18.7 Å². The largest absolute Gasteiger partial charge is 0.394 e. The fraction of sp³-hybridized carbons (Fsp3) is 0.391. The zero-order chi connectivity index (χ0) is 21.0. The van der Waals surface area contributed by atoms with Crippen LogP contribution in [0.1, 0.15) is 38.2 Å². The summed E-state index contributed by atoms with van der Waals surface area (Å²) in [4.78, 5) is 25.8. The van der Waals surface area contributed by atoms with E-state index in [0.717, 1.165) is 16.7 Å². The summed E-state index contributed by atoms with van der Waals surface area (Å²) in [5, 5.41) is 12.8. The summed E-state index contributed by atoms with van der Waals surface area (Å²) >= 11 is 0.